The number of nitrogens with zero attached hydrogens (tertiary/aromatic N) is 2. The molecule has 0 aliphatic heterocycles. The van der Waals surface area contributed by atoms with Gasteiger partial charge >= 0.3 is 0 Å². The second kappa shape index (κ2) is 11.1. The lowest BCUT2D eigenvalue weighted by Crippen LogP contribution is -2.30. The predicted octanol–water partition coefficient (Wildman–Crippen LogP) is 4.09. The van der Waals surface area contributed by atoms with Crippen LogP contribution in [-0.4, -0.2) is 40.3 Å². The number of amides is 1. The zero-order valence-electron chi connectivity index (χ0n) is 15.2. The van der Waals surface area contributed by atoms with Crippen LogP contribution in [0, 0.1) is 0 Å². The largest absolute Gasteiger partial charge is 0.378 e. The Labute approximate surface area is 141 Å². The Kier molecular flexibility index (Phi) is 9.37. The summed E-state index contributed by atoms with van der Waals surface area (Å²) in [4.78, 5) is 15.9. The minimum Gasteiger partial charge on any atom is -0.378 e. The lowest BCUT2D eigenvalue weighted by atomic mass is 10.1. The molecule has 0 aliphatic carbocycles. The fraction of sp³-hybridized carbons (Fsp3) is 0.632. The molecule has 1 rings (SSSR count). The first kappa shape index (κ1) is 19.5. The number of ether oxygens (including phenoxy) is 1. The van der Waals surface area contributed by atoms with Crippen molar-refractivity contribution in [3.63, 3.8) is 0 Å². The van der Waals surface area contributed by atoms with Crippen molar-refractivity contribution in [2.24, 2.45) is 0 Å². The topological polar surface area (TPSA) is 32.8 Å². The molecule has 4 heteroatoms. The summed E-state index contributed by atoms with van der Waals surface area (Å²) in [7, 11) is 5.78. The highest BCUT2D eigenvalue weighted by Crippen LogP contribution is 2.20. The molecule has 0 saturated heterocycles. The van der Waals surface area contributed by atoms with Gasteiger partial charge < -0.3 is 14.5 Å². The molecule has 0 N–H and O–H groups in total. The Morgan fingerprint density at radius 1 is 1.00 bits per heavy atom. The predicted molar refractivity (Wildman–Crippen MR) is 98.4 cm³/mol. The van der Waals surface area contributed by atoms with E-state index in [-0.39, 0.29) is 12.5 Å². The molecule has 0 bridgehead atoms. The average molecular weight is 320 g/mol. The number of carbonyl (C=O) groups excluding carboxylic acids is 1. The molecule has 1 aromatic rings. The first-order chi connectivity index (χ1) is 11.1. The number of benzene rings is 1. The number of hydrogen-bond acceptors (Lipinski definition) is 3. The highest BCUT2D eigenvalue weighted by atomic mass is 16.5. The fourth-order valence-electron chi connectivity index (χ4n) is 2.36. The Morgan fingerprint density at radius 2 is 1.65 bits per heavy atom. The van der Waals surface area contributed by atoms with Crippen molar-refractivity contribution in [2.75, 3.05) is 44.2 Å². The van der Waals surface area contributed by atoms with Crippen molar-refractivity contribution in [1.29, 1.82) is 0 Å². The van der Waals surface area contributed by atoms with Crippen LogP contribution in [0.3, 0.4) is 0 Å². The van der Waals surface area contributed by atoms with Crippen molar-refractivity contribution in [3.05, 3.63) is 24.3 Å². The third kappa shape index (κ3) is 7.51. The normalized spacial score (nSPS) is 10.6. The number of carbonyl (C=O) groups is 1. The van der Waals surface area contributed by atoms with Crippen LogP contribution in [-0.2, 0) is 9.53 Å². The lowest BCUT2D eigenvalue weighted by molar-refractivity contribution is -0.122. The van der Waals surface area contributed by atoms with Gasteiger partial charge in [0, 0.05) is 39.1 Å². The van der Waals surface area contributed by atoms with E-state index in [1.807, 2.05) is 43.3 Å². The summed E-state index contributed by atoms with van der Waals surface area (Å²) in [6.07, 6.45) is 7.39. The monoisotopic (exact) mass is 320 g/mol. The summed E-state index contributed by atoms with van der Waals surface area (Å²) in [6, 6.07) is 7.94. The third-order valence-electron chi connectivity index (χ3n) is 3.98. The van der Waals surface area contributed by atoms with Gasteiger partial charge in [0.25, 0.3) is 5.91 Å². The Hall–Kier alpha value is -1.55. The van der Waals surface area contributed by atoms with E-state index in [0.717, 1.165) is 17.8 Å². The summed E-state index contributed by atoms with van der Waals surface area (Å²) in [6.45, 7) is 3.04. The molecule has 1 aromatic carbocycles. The molecule has 4 nitrogen and oxygen atoms in total. The van der Waals surface area contributed by atoms with Crippen LogP contribution in [0.25, 0.3) is 0 Å². The van der Waals surface area contributed by atoms with Gasteiger partial charge in [-0.05, 0) is 24.6 Å². The van der Waals surface area contributed by atoms with E-state index in [1.165, 1.54) is 32.1 Å². The highest BCUT2D eigenvalue weighted by molar-refractivity contribution is 5.94. The maximum absolute atomic E-state index is 12.2. The van der Waals surface area contributed by atoms with Crippen LogP contribution < -0.4 is 9.80 Å². The first-order valence-corrected chi connectivity index (χ1v) is 8.68. The molecular weight excluding hydrogens is 288 g/mol. The van der Waals surface area contributed by atoms with Crippen molar-refractivity contribution in [1.82, 2.24) is 0 Å². The molecule has 23 heavy (non-hydrogen) atoms. The molecule has 0 saturated carbocycles. The molecule has 0 aromatic heterocycles. The van der Waals surface area contributed by atoms with E-state index in [4.69, 9.17) is 4.74 Å². The zero-order chi connectivity index (χ0) is 17.1. The SMILES string of the molecule is CCCCCCCCOCC(=O)N(C)c1cccc(N(C)C)c1. The standard InChI is InChI=1S/C19H32N2O2/c1-5-6-7-8-9-10-14-23-16-19(22)21(4)18-13-11-12-17(15-18)20(2)3/h11-13,15H,5-10,14,16H2,1-4H3. The summed E-state index contributed by atoms with van der Waals surface area (Å²) < 4.78 is 5.52. The fourth-order valence-corrected chi connectivity index (χ4v) is 2.36. The maximum atomic E-state index is 12.2. The van der Waals surface area contributed by atoms with E-state index < -0.39 is 0 Å². The van der Waals surface area contributed by atoms with Crippen LogP contribution in [0.2, 0.25) is 0 Å². The Morgan fingerprint density at radius 3 is 2.35 bits per heavy atom. The third-order valence-corrected chi connectivity index (χ3v) is 3.98. The van der Waals surface area contributed by atoms with Gasteiger partial charge in [0.15, 0.2) is 0 Å². The smallest absolute Gasteiger partial charge is 0.252 e. The second-order valence-corrected chi connectivity index (χ2v) is 6.19. The molecule has 0 radical (unpaired) electrons. The van der Waals surface area contributed by atoms with Crippen LogP contribution in [0.5, 0.6) is 0 Å². The van der Waals surface area contributed by atoms with Gasteiger partial charge in [-0.15, -0.1) is 0 Å². The molecule has 1 amide bonds. The number of hydrogen-bond donors (Lipinski definition) is 0. The summed E-state index contributed by atoms with van der Waals surface area (Å²) in [5, 5.41) is 0. The Bertz CT molecular complexity index is 460. The quantitative estimate of drug-likeness (QED) is 0.576. The average Bonchev–Trinajstić information content (AvgIpc) is 2.56. The van der Waals surface area contributed by atoms with Crippen LogP contribution in [0.15, 0.2) is 24.3 Å². The van der Waals surface area contributed by atoms with E-state index in [1.54, 1.807) is 11.9 Å². The van der Waals surface area contributed by atoms with Crippen LogP contribution in [0.1, 0.15) is 45.4 Å². The first-order valence-electron chi connectivity index (χ1n) is 8.68. The summed E-state index contributed by atoms with van der Waals surface area (Å²) in [5.41, 5.74) is 1.97. The summed E-state index contributed by atoms with van der Waals surface area (Å²) >= 11 is 0. The van der Waals surface area contributed by atoms with E-state index in [9.17, 15) is 4.79 Å². The van der Waals surface area contributed by atoms with E-state index in [0.29, 0.717) is 6.61 Å². The van der Waals surface area contributed by atoms with Crippen LogP contribution in [0.4, 0.5) is 11.4 Å². The van der Waals surface area contributed by atoms with Gasteiger partial charge in [-0.1, -0.05) is 45.1 Å². The van der Waals surface area contributed by atoms with E-state index in [2.05, 4.69) is 6.92 Å². The molecule has 0 aliphatic rings. The molecule has 0 unspecified atom stereocenters. The second-order valence-electron chi connectivity index (χ2n) is 6.19. The van der Waals surface area contributed by atoms with Crippen LogP contribution >= 0.6 is 0 Å². The minimum absolute atomic E-state index is 0.00751. The Balaban J connectivity index is 2.27. The van der Waals surface area contributed by atoms with Crippen molar-refractivity contribution >= 4 is 17.3 Å². The zero-order valence-corrected chi connectivity index (χ0v) is 15.2. The van der Waals surface area contributed by atoms with Gasteiger partial charge in [0.2, 0.25) is 0 Å². The molecular formula is C19H32N2O2. The number of rotatable bonds is 11. The lowest BCUT2D eigenvalue weighted by Gasteiger charge is -2.20. The van der Waals surface area contributed by atoms with Crippen molar-refractivity contribution in [3.8, 4) is 0 Å². The van der Waals surface area contributed by atoms with Gasteiger partial charge in [0.05, 0.1) is 0 Å². The molecule has 0 spiro atoms. The molecule has 130 valence electrons. The van der Waals surface area contributed by atoms with Gasteiger partial charge in [0.1, 0.15) is 6.61 Å². The van der Waals surface area contributed by atoms with Gasteiger partial charge in [-0.25, -0.2) is 0 Å². The van der Waals surface area contributed by atoms with E-state index >= 15 is 0 Å². The minimum atomic E-state index is -0.00751. The van der Waals surface area contributed by atoms with Gasteiger partial charge in [-0.3, -0.25) is 4.79 Å². The highest BCUT2D eigenvalue weighted by Gasteiger charge is 2.11. The molecule has 0 atom stereocenters. The van der Waals surface area contributed by atoms with Crippen molar-refractivity contribution in [2.45, 2.75) is 45.4 Å². The number of likely N-dealkylation sites (N-methyl/N-ethyl adjacent to an activating group) is 1. The maximum Gasteiger partial charge on any atom is 0.252 e. The molecule has 0 fully saturated rings. The summed E-state index contributed by atoms with van der Waals surface area (Å²) in [5.74, 6) is -0.00751. The number of anilines is 2. The van der Waals surface area contributed by atoms with Gasteiger partial charge in [-0.2, -0.15) is 0 Å². The van der Waals surface area contributed by atoms with Crippen molar-refractivity contribution < 1.29 is 9.53 Å². The number of unbranched alkanes of at least 4 members (excludes halogenated alkanes) is 5. The molecule has 0 heterocycles.